The van der Waals surface area contributed by atoms with E-state index in [1.165, 1.54) is 0 Å². The highest BCUT2D eigenvalue weighted by Gasteiger charge is 2.19. The van der Waals surface area contributed by atoms with E-state index in [4.69, 9.17) is 12.6 Å². The molecule has 18 heavy (non-hydrogen) atoms. The number of esters is 1. The summed E-state index contributed by atoms with van der Waals surface area (Å²) in [6, 6.07) is 11.0. The maximum absolute atomic E-state index is 12.1. The van der Waals surface area contributed by atoms with Gasteiger partial charge >= 0.3 is 5.97 Å². The van der Waals surface area contributed by atoms with E-state index in [9.17, 15) is 4.79 Å². The Hall–Kier alpha value is -1.77. The van der Waals surface area contributed by atoms with E-state index in [1.54, 1.807) is 6.07 Å². The molecule has 0 saturated heterocycles. The first-order valence-electron chi connectivity index (χ1n) is 5.89. The van der Waals surface area contributed by atoms with Gasteiger partial charge in [-0.1, -0.05) is 35.8 Å². The molecule has 0 saturated carbocycles. The van der Waals surface area contributed by atoms with Crippen molar-refractivity contribution in [3.05, 3.63) is 42.0 Å². The van der Waals surface area contributed by atoms with Crippen molar-refractivity contribution in [2.75, 3.05) is 0 Å². The van der Waals surface area contributed by atoms with Gasteiger partial charge in [0.15, 0.2) is 0 Å². The lowest BCUT2D eigenvalue weighted by atomic mass is 9.89. The van der Waals surface area contributed by atoms with Crippen LogP contribution in [0.5, 0.6) is 0 Å². The average molecular weight is 238 g/mol. The van der Waals surface area contributed by atoms with Gasteiger partial charge in [-0.2, -0.15) is 0 Å². The lowest BCUT2D eigenvalue weighted by Gasteiger charge is -2.20. The highest BCUT2D eigenvalue weighted by Crippen LogP contribution is 2.20. The third kappa shape index (κ3) is 2.56. The molecule has 90 valence electrons. The maximum atomic E-state index is 12.1. The summed E-state index contributed by atoms with van der Waals surface area (Å²) in [5.41, 5.74) is 0.715. The van der Waals surface area contributed by atoms with Crippen molar-refractivity contribution < 1.29 is 9.53 Å². The molecular formula is C15H15BO2. The Morgan fingerprint density at radius 3 is 2.33 bits per heavy atom. The van der Waals surface area contributed by atoms with E-state index >= 15 is 0 Å². The van der Waals surface area contributed by atoms with Gasteiger partial charge in [0.1, 0.15) is 13.4 Å². The van der Waals surface area contributed by atoms with E-state index in [2.05, 4.69) is 0 Å². The SMILES string of the molecule is [B]c1cccc2c(C(=O)OC(C)(C)C)cccc12. The second-order valence-corrected chi connectivity index (χ2v) is 5.25. The topological polar surface area (TPSA) is 26.3 Å². The Kier molecular flexibility index (Phi) is 3.16. The lowest BCUT2D eigenvalue weighted by Crippen LogP contribution is -2.24. The van der Waals surface area contributed by atoms with Gasteiger partial charge in [0, 0.05) is 0 Å². The fourth-order valence-electron chi connectivity index (χ4n) is 1.85. The third-order valence-electron chi connectivity index (χ3n) is 2.57. The van der Waals surface area contributed by atoms with E-state index in [1.807, 2.05) is 51.1 Å². The molecule has 0 atom stereocenters. The lowest BCUT2D eigenvalue weighted by molar-refractivity contribution is 0.00719. The molecular weight excluding hydrogens is 223 g/mol. The summed E-state index contributed by atoms with van der Waals surface area (Å²) in [6.45, 7) is 5.55. The van der Waals surface area contributed by atoms with Gasteiger partial charge in [-0.15, -0.1) is 0 Å². The van der Waals surface area contributed by atoms with E-state index in [0.29, 0.717) is 11.0 Å². The number of rotatable bonds is 1. The van der Waals surface area contributed by atoms with Gasteiger partial charge in [-0.05, 0) is 37.6 Å². The van der Waals surface area contributed by atoms with Gasteiger partial charge in [0.05, 0.1) is 5.56 Å². The Morgan fingerprint density at radius 2 is 1.67 bits per heavy atom. The zero-order chi connectivity index (χ0) is 13.3. The van der Waals surface area contributed by atoms with Crippen molar-refractivity contribution in [1.82, 2.24) is 0 Å². The Morgan fingerprint density at radius 1 is 1.06 bits per heavy atom. The molecule has 0 fully saturated rings. The largest absolute Gasteiger partial charge is 0.456 e. The summed E-state index contributed by atoms with van der Waals surface area (Å²) in [5, 5.41) is 1.70. The van der Waals surface area contributed by atoms with Crippen LogP contribution in [-0.4, -0.2) is 19.4 Å². The number of hydrogen-bond acceptors (Lipinski definition) is 2. The molecule has 0 aliphatic heterocycles. The molecule has 0 N–H and O–H groups in total. The first kappa shape index (κ1) is 12.7. The van der Waals surface area contributed by atoms with Gasteiger partial charge in [0.25, 0.3) is 0 Å². The summed E-state index contributed by atoms with van der Waals surface area (Å²) < 4.78 is 5.39. The molecule has 2 radical (unpaired) electrons. The molecule has 0 bridgehead atoms. The van der Waals surface area contributed by atoms with Crippen LogP contribution in [-0.2, 0) is 4.74 Å². The molecule has 2 nitrogen and oxygen atoms in total. The molecule has 2 rings (SSSR count). The number of ether oxygens (including phenoxy) is 1. The molecule has 0 aliphatic rings. The number of carbonyl (C=O) groups is 1. The second kappa shape index (κ2) is 4.49. The summed E-state index contributed by atoms with van der Waals surface area (Å²) in [7, 11) is 5.90. The Bertz CT molecular complexity index is 597. The van der Waals surface area contributed by atoms with E-state index in [0.717, 1.165) is 10.8 Å². The third-order valence-corrected chi connectivity index (χ3v) is 2.57. The van der Waals surface area contributed by atoms with Crippen molar-refractivity contribution in [2.24, 2.45) is 0 Å². The van der Waals surface area contributed by atoms with Crippen LogP contribution in [0.15, 0.2) is 36.4 Å². The van der Waals surface area contributed by atoms with Gasteiger partial charge in [-0.25, -0.2) is 4.79 Å². The van der Waals surface area contributed by atoms with Crippen molar-refractivity contribution in [3.8, 4) is 0 Å². The van der Waals surface area contributed by atoms with Crippen LogP contribution < -0.4 is 5.46 Å². The molecule has 0 heterocycles. The molecule has 2 aromatic rings. The Balaban J connectivity index is 2.52. The van der Waals surface area contributed by atoms with E-state index < -0.39 is 5.60 Å². The quantitative estimate of drug-likeness (QED) is 0.563. The number of fused-ring (bicyclic) bond motifs is 1. The first-order valence-corrected chi connectivity index (χ1v) is 5.89. The van der Waals surface area contributed by atoms with Crippen LogP contribution in [0.3, 0.4) is 0 Å². The highest BCUT2D eigenvalue weighted by molar-refractivity contribution is 6.39. The van der Waals surface area contributed by atoms with Crippen LogP contribution in [0.1, 0.15) is 31.1 Å². The van der Waals surface area contributed by atoms with Crippen LogP contribution in [0.25, 0.3) is 10.8 Å². The van der Waals surface area contributed by atoms with Crippen molar-refractivity contribution in [3.63, 3.8) is 0 Å². The highest BCUT2D eigenvalue weighted by atomic mass is 16.6. The summed E-state index contributed by atoms with van der Waals surface area (Å²) in [6.07, 6.45) is 0. The molecule has 0 aliphatic carbocycles. The fourth-order valence-corrected chi connectivity index (χ4v) is 1.85. The molecule has 0 aromatic heterocycles. The number of hydrogen-bond donors (Lipinski definition) is 0. The van der Waals surface area contributed by atoms with Crippen LogP contribution in [0.4, 0.5) is 0 Å². The predicted octanol–water partition coefficient (Wildman–Crippen LogP) is 2.59. The zero-order valence-electron chi connectivity index (χ0n) is 10.9. The van der Waals surface area contributed by atoms with Crippen LogP contribution >= 0.6 is 0 Å². The molecule has 0 amide bonds. The molecule has 0 unspecified atom stereocenters. The summed E-state index contributed by atoms with van der Waals surface area (Å²) >= 11 is 0. The predicted molar refractivity (Wildman–Crippen MR) is 74.5 cm³/mol. The maximum Gasteiger partial charge on any atom is 0.339 e. The number of benzene rings is 2. The minimum atomic E-state index is -0.500. The van der Waals surface area contributed by atoms with Crippen LogP contribution in [0.2, 0.25) is 0 Å². The van der Waals surface area contributed by atoms with Gasteiger partial charge in [0.2, 0.25) is 0 Å². The summed E-state index contributed by atoms with van der Waals surface area (Å²) in [4.78, 5) is 12.1. The number of carbonyl (C=O) groups excluding carboxylic acids is 1. The smallest absolute Gasteiger partial charge is 0.339 e. The van der Waals surface area contributed by atoms with Crippen LogP contribution in [0, 0.1) is 0 Å². The Labute approximate surface area is 108 Å². The van der Waals surface area contributed by atoms with Crippen molar-refractivity contribution in [2.45, 2.75) is 26.4 Å². The second-order valence-electron chi connectivity index (χ2n) is 5.25. The normalized spacial score (nSPS) is 11.5. The first-order chi connectivity index (χ1) is 8.38. The molecule has 0 spiro atoms. The van der Waals surface area contributed by atoms with Gasteiger partial charge < -0.3 is 4.74 Å². The van der Waals surface area contributed by atoms with Crippen molar-refractivity contribution in [1.29, 1.82) is 0 Å². The van der Waals surface area contributed by atoms with Gasteiger partial charge in [-0.3, -0.25) is 0 Å². The standard InChI is InChI=1S/C15H15BO2/c1-15(2,3)18-14(17)12-8-4-7-11-10(12)6-5-9-13(11)16/h4-9H,1-3H3. The van der Waals surface area contributed by atoms with E-state index in [-0.39, 0.29) is 5.97 Å². The average Bonchev–Trinajstić information content (AvgIpc) is 2.26. The minimum Gasteiger partial charge on any atom is -0.456 e. The summed E-state index contributed by atoms with van der Waals surface area (Å²) in [5.74, 6) is -0.321. The minimum absolute atomic E-state index is 0.321. The molecule has 3 heteroatoms. The monoisotopic (exact) mass is 238 g/mol. The molecule has 2 aromatic carbocycles. The fraction of sp³-hybridized carbons (Fsp3) is 0.267. The van der Waals surface area contributed by atoms with Crippen molar-refractivity contribution >= 4 is 30.1 Å². The zero-order valence-corrected chi connectivity index (χ0v) is 10.9.